The summed E-state index contributed by atoms with van der Waals surface area (Å²) in [7, 11) is 0. The van der Waals surface area contributed by atoms with Crippen LogP contribution < -0.4 is 4.74 Å². The van der Waals surface area contributed by atoms with Crippen LogP contribution in [0.15, 0.2) is 36.5 Å². The highest BCUT2D eigenvalue weighted by atomic mass is 16.5. The van der Waals surface area contributed by atoms with E-state index in [4.69, 9.17) is 9.84 Å². The molecule has 1 aliphatic rings. The lowest BCUT2D eigenvalue weighted by molar-refractivity contribution is 0.196. The van der Waals surface area contributed by atoms with Crippen molar-refractivity contribution in [3.8, 4) is 5.75 Å². The van der Waals surface area contributed by atoms with E-state index in [1.54, 1.807) is 0 Å². The summed E-state index contributed by atoms with van der Waals surface area (Å²) in [6.07, 6.45) is 4.11. The zero-order valence-electron chi connectivity index (χ0n) is 14.4. The summed E-state index contributed by atoms with van der Waals surface area (Å²) in [6.45, 7) is 6.56. The van der Waals surface area contributed by atoms with E-state index in [0.29, 0.717) is 19.1 Å². The summed E-state index contributed by atoms with van der Waals surface area (Å²) in [4.78, 5) is 2.50. The van der Waals surface area contributed by atoms with Crippen LogP contribution in [0.5, 0.6) is 5.75 Å². The average molecular weight is 329 g/mol. The summed E-state index contributed by atoms with van der Waals surface area (Å²) in [5.74, 6) is 1.54. The topological polar surface area (TPSA) is 50.5 Å². The van der Waals surface area contributed by atoms with E-state index in [0.717, 1.165) is 38.2 Å². The second kappa shape index (κ2) is 8.31. The molecule has 0 spiro atoms. The number of nitrogens with zero attached hydrogens (tertiary/aromatic N) is 3. The Morgan fingerprint density at radius 3 is 2.75 bits per heavy atom. The van der Waals surface area contributed by atoms with Crippen LogP contribution in [-0.4, -0.2) is 46.1 Å². The minimum absolute atomic E-state index is 0.141. The Hall–Kier alpha value is -1.85. The van der Waals surface area contributed by atoms with Crippen LogP contribution in [0.3, 0.4) is 0 Å². The molecule has 1 saturated heterocycles. The van der Waals surface area contributed by atoms with Gasteiger partial charge in [0.25, 0.3) is 0 Å². The molecular formula is C19H27N3O2. The van der Waals surface area contributed by atoms with E-state index in [9.17, 15) is 0 Å². The van der Waals surface area contributed by atoms with E-state index < -0.39 is 0 Å². The van der Waals surface area contributed by atoms with Gasteiger partial charge in [0.1, 0.15) is 5.75 Å². The van der Waals surface area contributed by atoms with Gasteiger partial charge in [-0.15, -0.1) is 0 Å². The minimum atomic E-state index is 0.141. The van der Waals surface area contributed by atoms with Gasteiger partial charge >= 0.3 is 0 Å². The molecule has 0 radical (unpaired) electrons. The fraction of sp³-hybridized carbons (Fsp3) is 0.526. The maximum atomic E-state index is 9.16. The van der Waals surface area contributed by atoms with Crippen LogP contribution in [0.4, 0.5) is 0 Å². The van der Waals surface area contributed by atoms with Gasteiger partial charge in [-0.05, 0) is 45.0 Å². The summed E-state index contributed by atoms with van der Waals surface area (Å²) in [6, 6.07) is 10.4. The minimum Gasteiger partial charge on any atom is -0.494 e. The van der Waals surface area contributed by atoms with Crippen molar-refractivity contribution in [2.24, 2.45) is 0 Å². The van der Waals surface area contributed by atoms with Gasteiger partial charge in [0.2, 0.25) is 0 Å². The number of hydrogen-bond acceptors (Lipinski definition) is 4. The Morgan fingerprint density at radius 1 is 1.21 bits per heavy atom. The van der Waals surface area contributed by atoms with Crippen LogP contribution in [0.1, 0.15) is 36.9 Å². The van der Waals surface area contributed by atoms with Crippen molar-refractivity contribution in [1.82, 2.24) is 14.7 Å². The lowest BCUT2D eigenvalue weighted by Crippen LogP contribution is -2.33. The van der Waals surface area contributed by atoms with Crippen molar-refractivity contribution in [2.75, 3.05) is 26.3 Å². The first-order valence-electron chi connectivity index (χ1n) is 8.87. The number of aliphatic hydroxyl groups is 1. The maximum Gasteiger partial charge on any atom is 0.123 e. The third-order valence-electron chi connectivity index (χ3n) is 4.73. The second-order valence-corrected chi connectivity index (χ2v) is 6.29. The van der Waals surface area contributed by atoms with Crippen LogP contribution in [-0.2, 0) is 13.1 Å². The number of ether oxygens (including phenoxy) is 1. The average Bonchev–Trinajstić information content (AvgIpc) is 3.06. The molecule has 1 aromatic heterocycles. The fourth-order valence-corrected chi connectivity index (χ4v) is 3.53. The first kappa shape index (κ1) is 17.0. The van der Waals surface area contributed by atoms with E-state index in [1.807, 2.05) is 23.9 Å². The molecule has 130 valence electrons. The lowest BCUT2D eigenvalue weighted by Gasteiger charge is -2.32. The molecule has 3 rings (SSSR count). The molecule has 5 nitrogen and oxygen atoms in total. The highest BCUT2D eigenvalue weighted by molar-refractivity contribution is 5.33. The Labute approximate surface area is 143 Å². The molecule has 1 N–H and O–H groups in total. The molecule has 0 saturated carbocycles. The third-order valence-corrected chi connectivity index (χ3v) is 4.73. The quantitative estimate of drug-likeness (QED) is 0.848. The van der Waals surface area contributed by atoms with Crippen molar-refractivity contribution < 1.29 is 9.84 Å². The van der Waals surface area contributed by atoms with E-state index in [-0.39, 0.29) is 6.61 Å². The Balaban J connectivity index is 1.58. The standard InChI is InChI=1S/C19H27N3O2/c1-2-24-19-6-4-3-5-17(19)15-21-11-8-16(9-12-21)18-7-10-20-22(18)13-14-23/h3-7,10,16,23H,2,8-9,11-15H2,1H3. The molecule has 0 amide bonds. The lowest BCUT2D eigenvalue weighted by atomic mass is 9.93. The number of para-hydroxylation sites is 1. The number of aromatic nitrogens is 2. The largest absolute Gasteiger partial charge is 0.494 e. The van der Waals surface area contributed by atoms with Crippen molar-refractivity contribution in [3.63, 3.8) is 0 Å². The van der Waals surface area contributed by atoms with Crippen molar-refractivity contribution >= 4 is 0 Å². The molecular weight excluding hydrogens is 302 g/mol. The predicted molar refractivity (Wildman–Crippen MR) is 94.2 cm³/mol. The summed E-state index contributed by atoms with van der Waals surface area (Å²) < 4.78 is 7.69. The molecule has 0 atom stereocenters. The number of benzene rings is 1. The molecule has 0 aliphatic carbocycles. The number of piperidine rings is 1. The fourth-order valence-electron chi connectivity index (χ4n) is 3.53. The van der Waals surface area contributed by atoms with Gasteiger partial charge in [0.05, 0.1) is 19.8 Å². The van der Waals surface area contributed by atoms with Crippen molar-refractivity contribution in [2.45, 2.75) is 38.8 Å². The molecule has 5 heteroatoms. The maximum absolute atomic E-state index is 9.16. The highest BCUT2D eigenvalue weighted by Gasteiger charge is 2.23. The van der Waals surface area contributed by atoms with E-state index >= 15 is 0 Å². The predicted octanol–water partition coefficient (Wildman–Crippen LogP) is 2.65. The number of hydrogen-bond donors (Lipinski definition) is 1. The summed E-state index contributed by atoms with van der Waals surface area (Å²) >= 11 is 0. The molecule has 1 aliphatic heterocycles. The number of likely N-dealkylation sites (tertiary alicyclic amines) is 1. The molecule has 1 fully saturated rings. The SMILES string of the molecule is CCOc1ccccc1CN1CCC(c2ccnn2CCO)CC1. The van der Waals surface area contributed by atoms with Crippen molar-refractivity contribution in [3.05, 3.63) is 47.8 Å². The Morgan fingerprint density at radius 2 is 2.00 bits per heavy atom. The smallest absolute Gasteiger partial charge is 0.123 e. The molecule has 1 aromatic carbocycles. The van der Waals surface area contributed by atoms with Crippen molar-refractivity contribution in [1.29, 1.82) is 0 Å². The molecule has 2 heterocycles. The first-order chi connectivity index (χ1) is 11.8. The summed E-state index contributed by atoms with van der Waals surface area (Å²) in [5, 5.41) is 13.5. The van der Waals surface area contributed by atoms with Gasteiger partial charge in [-0.1, -0.05) is 18.2 Å². The Kier molecular flexibility index (Phi) is 5.88. The van der Waals surface area contributed by atoms with Crippen LogP contribution >= 0.6 is 0 Å². The highest BCUT2D eigenvalue weighted by Crippen LogP contribution is 2.29. The monoisotopic (exact) mass is 329 g/mol. The van der Waals surface area contributed by atoms with E-state index in [1.165, 1.54) is 11.3 Å². The van der Waals surface area contributed by atoms with Crippen LogP contribution in [0.2, 0.25) is 0 Å². The summed E-state index contributed by atoms with van der Waals surface area (Å²) in [5.41, 5.74) is 2.53. The number of rotatable bonds is 7. The number of aliphatic hydroxyl groups excluding tert-OH is 1. The molecule has 2 aromatic rings. The van der Waals surface area contributed by atoms with Gasteiger partial charge in [0.15, 0.2) is 0 Å². The van der Waals surface area contributed by atoms with E-state index in [2.05, 4.69) is 34.3 Å². The molecule has 24 heavy (non-hydrogen) atoms. The van der Waals surface area contributed by atoms with Gasteiger partial charge in [-0.2, -0.15) is 5.10 Å². The molecule has 0 unspecified atom stereocenters. The molecule has 0 bridgehead atoms. The van der Waals surface area contributed by atoms with Gasteiger partial charge < -0.3 is 9.84 Å². The van der Waals surface area contributed by atoms with Crippen LogP contribution in [0.25, 0.3) is 0 Å². The van der Waals surface area contributed by atoms with Gasteiger partial charge in [0, 0.05) is 29.9 Å². The first-order valence-corrected chi connectivity index (χ1v) is 8.87. The third kappa shape index (κ3) is 3.97. The zero-order valence-corrected chi connectivity index (χ0v) is 14.4. The van der Waals surface area contributed by atoms with Gasteiger partial charge in [-0.3, -0.25) is 9.58 Å². The normalized spacial score (nSPS) is 16.4. The Bertz CT molecular complexity index is 633. The van der Waals surface area contributed by atoms with Gasteiger partial charge in [-0.25, -0.2) is 0 Å². The van der Waals surface area contributed by atoms with Crippen LogP contribution in [0, 0.1) is 0 Å². The second-order valence-electron chi connectivity index (χ2n) is 6.29. The zero-order chi connectivity index (χ0) is 16.8.